The van der Waals surface area contributed by atoms with Crippen molar-refractivity contribution in [3.63, 3.8) is 0 Å². The Kier molecular flexibility index (Phi) is 18.6. The van der Waals surface area contributed by atoms with Crippen molar-refractivity contribution in [3.8, 4) is 0 Å². The monoisotopic (exact) mass is 405 g/mol. The van der Waals surface area contributed by atoms with Crippen molar-refractivity contribution < 1.29 is 55.9 Å². The maximum Gasteiger partial charge on any atom is 0.300 e. The van der Waals surface area contributed by atoms with Crippen LogP contribution in [0.2, 0.25) is 0 Å². The Bertz CT molecular complexity index is 421. The summed E-state index contributed by atoms with van der Waals surface area (Å²) in [5.41, 5.74) is 4.39. The Labute approximate surface area is 157 Å². The van der Waals surface area contributed by atoms with Crippen molar-refractivity contribution >= 4 is 17.9 Å². The second kappa shape index (κ2) is 14.4. The zero-order chi connectivity index (χ0) is 18.7. The fraction of sp³-hybridized carbons (Fsp3) is 0.562. The van der Waals surface area contributed by atoms with Crippen molar-refractivity contribution in [2.75, 3.05) is 0 Å². The molecule has 0 aliphatic heterocycles. The maximum absolute atomic E-state index is 9.00. The number of hydrogen-bond donors (Lipinski definition) is 3. The molecule has 1 aliphatic rings. The summed E-state index contributed by atoms with van der Waals surface area (Å²) in [6.07, 6.45) is 3.44. The van der Waals surface area contributed by atoms with E-state index in [9.17, 15) is 0 Å². The van der Waals surface area contributed by atoms with E-state index in [1.54, 1.807) is 0 Å². The summed E-state index contributed by atoms with van der Waals surface area (Å²) in [4.78, 5) is 27.0. The third kappa shape index (κ3) is 23.2. The summed E-state index contributed by atoms with van der Waals surface area (Å²) >= 11 is 0. The zero-order valence-electron chi connectivity index (χ0n) is 15.1. The van der Waals surface area contributed by atoms with Gasteiger partial charge < -0.3 is 15.3 Å². The van der Waals surface area contributed by atoms with E-state index < -0.39 is 17.9 Å². The van der Waals surface area contributed by atoms with Gasteiger partial charge in [-0.1, -0.05) is 33.1 Å². The first kappa shape index (κ1) is 29.7. The van der Waals surface area contributed by atoms with E-state index in [0.717, 1.165) is 20.8 Å². The van der Waals surface area contributed by atoms with Gasteiger partial charge in [-0.2, -0.15) is 11.1 Å². The molecule has 7 heteroatoms. The molecule has 0 atom stereocenters. The molecule has 0 saturated carbocycles. The van der Waals surface area contributed by atoms with Gasteiger partial charge in [0.1, 0.15) is 0 Å². The first-order valence-corrected chi connectivity index (χ1v) is 6.53. The van der Waals surface area contributed by atoms with Crippen LogP contribution in [0.15, 0.2) is 16.7 Å². The van der Waals surface area contributed by atoms with Crippen LogP contribution in [0.4, 0.5) is 0 Å². The van der Waals surface area contributed by atoms with Gasteiger partial charge in [-0.05, 0) is 0 Å². The molecule has 1 rings (SSSR count). The first-order chi connectivity index (χ1) is 9.65. The SMILES string of the molecule is CC(=O)O.CC(=O)O.CC(=O)O.CC1=[C-]C(C)(C)C(C)=C1C.[Zr]. The van der Waals surface area contributed by atoms with E-state index in [0.29, 0.717) is 0 Å². The largest absolute Gasteiger partial charge is 0.481 e. The Morgan fingerprint density at radius 3 is 1.09 bits per heavy atom. The van der Waals surface area contributed by atoms with Crippen LogP contribution in [0, 0.1) is 11.5 Å². The third-order valence-corrected chi connectivity index (χ3v) is 2.56. The molecule has 0 unspecified atom stereocenters. The number of carboxylic acids is 3. The zero-order valence-corrected chi connectivity index (χ0v) is 17.5. The average Bonchev–Trinajstić information content (AvgIpc) is 2.39. The molecule has 0 aromatic heterocycles. The molecule has 0 aromatic rings. The van der Waals surface area contributed by atoms with Crippen LogP contribution in [0.25, 0.3) is 0 Å². The van der Waals surface area contributed by atoms with Crippen molar-refractivity contribution in [1.29, 1.82) is 0 Å². The molecule has 23 heavy (non-hydrogen) atoms. The van der Waals surface area contributed by atoms with E-state index in [1.165, 1.54) is 16.7 Å². The van der Waals surface area contributed by atoms with Crippen LogP contribution in [0.1, 0.15) is 55.4 Å². The molecule has 0 radical (unpaired) electrons. The quantitative estimate of drug-likeness (QED) is 0.532. The molecule has 0 spiro atoms. The number of carboxylic acid groups (broad SMARTS) is 3. The van der Waals surface area contributed by atoms with Crippen LogP contribution in [-0.4, -0.2) is 33.2 Å². The first-order valence-electron chi connectivity index (χ1n) is 6.53. The Morgan fingerprint density at radius 1 is 0.826 bits per heavy atom. The van der Waals surface area contributed by atoms with Crippen LogP contribution in [0.5, 0.6) is 0 Å². The second-order valence-electron chi connectivity index (χ2n) is 5.18. The number of carbonyl (C=O) groups is 3. The topological polar surface area (TPSA) is 112 Å². The van der Waals surface area contributed by atoms with Gasteiger partial charge in [0.05, 0.1) is 0 Å². The van der Waals surface area contributed by atoms with E-state index in [2.05, 4.69) is 40.7 Å². The maximum atomic E-state index is 9.00. The molecule has 0 bridgehead atoms. The van der Waals surface area contributed by atoms with E-state index in [-0.39, 0.29) is 31.6 Å². The summed E-state index contributed by atoms with van der Waals surface area (Å²) in [6.45, 7) is 14.2. The van der Waals surface area contributed by atoms with Crippen molar-refractivity contribution in [3.05, 3.63) is 22.8 Å². The second-order valence-corrected chi connectivity index (χ2v) is 5.18. The van der Waals surface area contributed by atoms with Gasteiger partial charge in [0.2, 0.25) is 0 Å². The molecular weight excluding hydrogens is 379 g/mol. The fourth-order valence-electron chi connectivity index (χ4n) is 1.41. The van der Waals surface area contributed by atoms with Crippen LogP contribution < -0.4 is 0 Å². The molecule has 6 nitrogen and oxygen atoms in total. The Balaban J connectivity index is -0.000000118. The fourth-order valence-corrected chi connectivity index (χ4v) is 1.41. The smallest absolute Gasteiger partial charge is 0.300 e. The van der Waals surface area contributed by atoms with Gasteiger partial charge >= 0.3 is 0 Å². The summed E-state index contributed by atoms with van der Waals surface area (Å²) in [6, 6.07) is 0. The van der Waals surface area contributed by atoms with E-state index >= 15 is 0 Å². The predicted molar refractivity (Wildman–Crippen MR) is 84.5 cm³/mol. The minimum Gasteiger partial charge on any atom is -0.481 e. The number of rotatable bonds is 0. The average molecular weight is 407 g/mol. The minimum absolute atomic E-state index is 0. The van der Waals surface area contributed by atoms with E-state index in [4.69, 9.17) is 29.7 Å². The van der Waals surface area contributed by atoms with Crippen LogP contribution in [-0.2, 0) is 40.6 Å². The molecule has 0 aromatic carbocycles. The Morgan fingerprint density at radius 2 is 1.04 bits per heavy atom. The van der Waals surface area contributed by atoms with Crippen molar-refractivity contribution in [2.24, 2.45) is 5.41 Å². The number of allylic oxidation sites excluding steroid dienone is 4. The molecule has 3 N–H and O–H groups in total. The normalized spacial score (nSPS) is 13.5. The summed E-state index contributed by atoms with van der Waals surface area (Å²) in [5, 5.41) is 22.2. The molecule has 0 heterocycles. The standard InChI is InChI=1S/C10H15.3C2H4O2.Zr/c1-7-6-10(4,5)9(3)8(7)2;3*1-2(3)4;/h1-5H3;3*1H3,(H,3,4);/q-1;;;;. The summed E-state index contributed by atoms with van der Waals surface area (Å²) < 4.78 is 0. The number of hydrogen-bond acceptors (Lipinski definition) is 3. The van der Waals surface area contributed by atoms with Crippen LogP contribution >= 0.6 is 0 Å². The van der Waals surface area contributed by atoms with Gasteiger partial charge in [0.15, 0.2) is 0 Å². The van der Waals surface area contributed by atoms with Gasteiger partial charge in [-0.3, -0.25) is 20.5 Å². The third-order valence-electron chi connectivity index (χ3n) is 2.56. The molecule has 132 valence electrons. The molecular formula is C16H27O6Zr-. The summed E-state index contributed by atoms with van der Waals surface area (Å²) in [7, 11) is 0. The molecule has 1 aliphatic carbocycles. The molecule has 0 amide bonds. The summed E-state index contributed by atoms with van der Waals surface area (Å²) in [5.74, 6) is -2.50. The van der Waals surface area contributed by atoms with Crippen LogP contribution in [0.3, 0.4) is 0 Å². The number of aliphatic carboxylic acids is 3. The molecule has 0 fully saturated rings. The van der Waals surface area contributed by atoms with Crippen molar-refractivity contribution in [2.45, 2.75) is 55.4 Å². The van der Waals surface area contributed by atoms with Gasteiger partial charge in [0, 0.05) is 47.0 Å². The van der Waals surface area contributed by atoms with Gasteiger partial charge in [-0.25, -0.2) is 5.57 Å². The Hall–Kier alpha value is -1.23. The molecule has 0 saturated heterocycles. The minimum atomic E-state index is -0.833. The predicted octanol–water partition coefficient (Wildman–Crippen LogP) is 3.38. The van der Waals surface area contributed by atoms with Gasteiger partial charge in [0.25, 0.3) is 17.9 Å². The van der Waals surface area contributed by atoms with Gasteiger partial charge in [-0.15, -0.1) is 6.92 Å². The van der Waals surface area contributed by atoms with E-state index in [1.807, 2.05) is 0 Å². The van der Waals surface area contributed by atoms with Crippen molar-refractivity contribution in [1.82, 2.24) is 0 Å².